The molecule has 1 unspecified atom stereocenters. The van der Waals surface area contributed by atoms with Crippen LogP contribution in [0.3, 0.4) is 0 Å². The van der Waals surface area contributed by atoms with E-state index in [4.69, 9.17) is 4.74 Å². The highest BCUT2D eigenvalue weighted by molar-refractivity contribution is 7.99. The fourth-order valence-corrected chi connectivity index (χ4v) is 5.43. The summed E-state index contributed by atoms with van der Waals surface area (Å²) in [5, 5.41) is 0. The molecule has 0 spiro atoms. The van der Waals surface area contributed by atoms with E-state index in [0.29, 0.717) is 5.56 Å². The molecule has 2 fully saturated rings. The number of ether oxygens (including phenoxy) is 1. The van der Waals surface area contributed by atoms with Crippen molar-refractivity contribution in [1.82, 2.24) is 14.1 Å². The minimum Gasteiger partial charge on any atom is -0.379 e. The summed E-state index contributed by atoms with van der Waals surface area (Å²) in [6.07, 6.45) is 0.975. The summed E-state index contributed by atoms with van der Waals surface area (Å²) >= 11 is 1.90. The second-order valence-corrected chi connectivity index (χ2v) is 10.6. The number of thioether (sulfide) groups is 1. The number of hydrogen-bond donors (Lipinski definition) is 0. The molecule has 0 bridgehead atoms. The monoisotopic (exact) mass is 427 g/mol. The Morgan fingerprint density at radius 2 is 1.86 bits per heavy atom. The summed E-state index contributed by atoms with van der Waals surface area (Å²) in [6.45, 7) is 4.89. The summed E-state index contributed by atoms with van der Waals surface area (Å²) in [5.41, 5.74) is 0.539. The highest BCUT2D eigenvalue weighted by Crippen LogP contribution is 2.21. The standard InChI is InChI=1S/C19H29N3O4S2/c1-20(2)28(24,25)18-6-4-16(5-7-18)19(23)22-8-3-13-27-15-17(22)14-21-9-11-26-12-10-21/h4-7,17H,3,8-15H2,1-2H3. The lowest BCUT2D eigenvalue weighted by atomic mass is 10.1. The van der Waals surface area contributed by atoms with Crippen LogP contribution in [0, 0.1) is 0 Å². The summed E-state index contributed by atoms with van der Waals surface area (Å²) in [6, 6.07) is 6.45. The van der Waals surface area contributed by atoms with Gasteiger partial charge in [0, 0.05) is 51.6 Å². The number of morpholine rings is 1. The lowest BCUT2D eigenvalue weighted by molar-refractivity contribution is 0.0245. The number of carbonyl (C=O) groups excluding carboxylic acids is 1. The number of carbonyl (C=O) groups is 1. The molecule has 7 nitrogen and oxygen atoms in total. The van der Waals surface area contributed by atoms with Crippen LogP contribution in [0.1, 0.15) is 16.8 Å². The van der Waals surface area contributed by atoms with Gasteiger partial charge in [0.15, 0.2) is 0 Å². The number of amides is 1. The number of sulfonamides is 1. The second kappa shape index (κ2) is 9.58. The van der Waals surface area contributed by atoms with Crippen molar-refractivity contribution in [2.75, 3.05) is 65.0 Å². The van der Waals surface area contributed by atoms with E-state index in [9.17, 15) is 13.2 Å². The van der Waals surface area contributed by atoms with Gasteiger partial charge < -0.3 is 9.64 Å². The smallest absolute Gasteiger partial charge is 0.254 e. The first kappa shape index (κ1) is 21.6. The zero-order valence-electron chi connectivity index (χ0n) is 16.5. The molecule has 0 aromatic heterocycles. The van der Waals surface area contributed by atoms with Crippen molar-refractivity contribution in [3.63, 3.8) is 0 Å². The van der Waals surface area contributed by atoms with Gasteiger partial charge in [0.05, 0.1) is 24.2 Å². The van der Waals surface area contributed by atoms with E-state index in [2.05, 4.69) is 4.90 Å². The quantitative estimate of drug-likeness (QED) is 0.704. The van der Waals surface area contributed by atoms with Gasteiger partial charge in [-0.3, -0.25) is 9.69 Å². The van der Waals surface area contributed by atoms with Crippen LogP contribution in [-0.2, 0) is 14.8 Å². The van der Waals surface area contributed by atoms with E-state index in [1.54, 1.807) is 12.1 Å². The molecule has 2 aliphatic rings. The van der Waals surface area contributed by atoms with E-state index in [0.717, 1.165) is 57.3 Å². The molecular weight excluding hydrogens is 398 g/mol. The first-order valence-corrected chi connectivity index (χ1v) is 12.2. The zero-order chi connectivity index (χ0) is 20.1. The van der Waals surface area contributed by atoms with Gasteiger partial charge in [-0.1, -0.05) is 0 Å². The Hall–Kier alpha value is -1.13. The van der Waals surface area contributed by atoms with Gasteiger partial charge in [-0.15, -0.1) is 0 Å². The topological polar surface area (TPSA) is 70.2 Å². The Morgan fingerprint density at radius 1 is 1.18 bits per heavy atom. The van der Waals surface area contributed by atoms with Gasteiger partial charge in [0.2, 0.25) is 10.0 Å². The van der Waals surface area contributed by atoms with E-state index in [1.165, 1.54) is 30.5 Å². The van der Waals surface area contributed by atoms with Crippen LogP contribution in [0.15, 0.2) is 29.2 Å². The molecular formula is C19H29N3O4S2. The van der Waals surface area contributed by atoms with E-state index >= 15 is 0 Å². The molecule has 2 heterocycles. The lowest BCUT2D eigenvalue weighted by Gasteiger charge is -2.35. The van der Waals surface area contributed by atoms with Crippen molar-refractivity contribution < 1.29 is 17.9 Å². The molecule has 0 N–H and O–H groups in total. The van der Waals surface area contributed by atoms with Crippen LogP contribution in [0.5, 0.6) is 0 Å². The Bertz CT molecular complexity index is 762. The average molecular weight is 428 g/mol. The molecule has 0 radical (unpaired) electrons. The zero-order valence-corrected chi connectivity index (χ0v) is 18.2. The predicted molar refractivity (Wildman–Crippen MR) is 111 cm³/mol. The lowest BCUT2D eigenvalue weighted by Crippen LogP contribution is -2.50. The number of benzene rings is 1. The average Bonchev–Trinajstić information content (AvgIpc) is 2.93. The Morgan fingerprint density at radius 3 is 2.50 bits per heavy atom. The Labute approximate surface area is 172 Å². The predicted octanol–water partition coefficient (Wildman–Crippen LogP) is 1.22. The minimum absolute atomic E-state index is 0.0189. The summed E-state index contributed by atoms with van der Waals surface area (Å²) in [7, 11) is -0.494. The van der Waals surface area contributed by atoms with Crippen molar-refractivity contribution in [3.8, 4) is 0 Å². The van der Waals surface area contributed by atoms with Gasteiger partial charge in [0.1, 0.15) is 0 Å². The summed E-state index contributed by atoms with van der Waals surface area (Å²) in [4.78, 5) is 17.8. The molecule has 2 aliphatic heterocycles. The van der Waals surface area contributed by atoms with Crippen LogP contribution < -0.4 is 0 Å². The van der Waals surface area contributed by atoms with Crippen LogP contribution in [-0.4, -0.2) is 99.5 Å². The third-order valence-electron chi connectivity index (χ3n) is 5.15. The van der Waals surface area contributed by atoms with Crippen LogP contribution in [0.25, 0.3) is 0 Å². The van der Waals surface area contributed by atoms with E-state index < -0.39 is 10.0 Å². The molecule has 1 atom stereocenters. The number of nitrogens with zero attached hydrogens (tertiary/aromatic N) is 3. The molecule has 1 aromatic rings. The molecule has 0 saturated carbocycles. The normalized spacial score (nSPS) is 22.2. The van der Waals surface area contributed by atoms with Crippen molar-refractivity contribution in [3.05, 3.63) is 29.8 Å². The molecule has 1 aromatic carbocycles. The molecule has 0 aliphatic carbocycles. The first-order chi connectivity index (χ1) is 13.4. The summed E-state index contributed by atoms with van der Waals surface area (Å²) in [5.74, 6) is 1.97. The van der Waals surface area contributed by atoms with Crippen molar-refractivity contribution in [2.24, 2.45) is 0 Å². The van der Waals surface area contributed by atoms with Gasteiger partial charge in [-0.2, -0.15) is 11.8 Å². The Balaban J connectivity index is 1.75. The SMILES string of the molecule is CN(C)S(=O)(=O)c1ccc(C(=O)N2CCCSCC2CN2CCOCC2)cc1. The molecule has 156 valence electrons. The third-order valence-corrected chi connectivity index (χ3v) is 8.18. The Kier molecular flexibility index (Phi) is 7.38. The molecule has 9 heteroatoms. The first-order valence-electron chi connectivity index (χ1n) is 9.61. The number of rotatable bonds is 5. The van der Waals surface area contributed by atoms with Gasteiger partial charge >= 0.3 is 0 Å². The summed E-state index contributed by atoms with van der Waals surface area (Å²) < 4.78 is 31.1. The maximum atomic E-state index is 13.2. The molecule has 28 heavy (non-hydrogen) atoms. The van der Waals surface area contributed by atoms with Crippen molar-refractivity contribution >= 4 is 27.7 Å². The second-order valence-electron chi connectivity index (χ2n) is 7.31. The molecule has 3 rings (SSSR count). The highest BCUT2D eigenvalue weighted by Gasteiger charge is 2.29. The number of hydrogen-bond acceptors (Lipinski definition) is 6. The van der Waals surface area contributed by atoms with Crippen LogP contribution >= 0.6 is 11.8 Å². The molecule has 1 amide bonds. The van der Waals surface area contributed by atoms with E-state index in [1.807, 2.05) is 16.7 Å². The van der Waals surface area contributed by atoms with Crippen LogP contribution in [0.4, 0.5) is 0 Å². The highest BCUT2D eigenvalue weighted by atomic mass is 32.2. The van der Waals surface area contributed by atoms with E-state index in [-0.39, 0.29) is 16.8 Å². The maximum Gasteiger partial charge on any atom is 0.254 e. The molecule has 2 saturated heterocycles. The van der Waals surface area contributed by atoms with Crippen molar-refractivity contribution in [1.29, 1.82) is 0 Å². The van der Waals surface area contributed by atoms with Gasteiger partial charge in [-0.05, 0) is 36.4 Å². The van der Waals surface area contributed by atoms with Gasteiger partial charge in [-0.25, -0.2) is 12.7 Å². The fourth-order valence-electron chi connectivity index (χ4n) is 3.48. The maximum absolute atomic E-state index is 13.2. The minimum atomic E-state index is -3.49. The van der Waals surface area contributed by atoms with Crippen molar-refractivity contribution in [2.45, 2.75) is 17.4 Å². The van der Waals surface area contributed by atoms with Crippen LogP contribution in [0.2, 0.25) is 0 Å². The fraction of sp³-hybridized carbons (Fsp3) is 0.632. The third kappa shape index (κ3) is 5.07. The largest absolute Gasteiger partial charge is 0.379 e. The van der Waals surface area contributed by atoms with Gasteiger partial charge in [0.25, 0.3) is 5.91 Å².